The highest BCUT2D eigenvalue weighted by Crippen LogP contribution is 2.49. The van der Waals surface area contributed by atoms with Gasteiger partial charge in [-0.2, -0.15) is 13.2 Å². The van der Waals surface area contributed by atoms with Crippen LogP contribution in [0.1, 0.15) is 28.8 Å². The first-order chi connectivity index (χ1) is 15.7. The maximum atomic E-state index is 14.1. The van der Waals surface area contributed by atoms with Gasteiger partial charge < -0.3 is 10.2 Å². The van der Waals surface area contributed by atoms with Gasteiger partial charge in [0.2, 0.25) is 0 Å². The number of alkyl halides is 3. The van der Waals surface area contributed by atoms with Gasteiger partial charge in [-0.1, -0.05) is 70.9 Å². The van der Waals surface area contributed by atoms with Crippen molar-refractivity contribution in [3.63, 3.8) is 0 Å². The molecule has 1 aromatic heterocycles. The minimum atomic E-state index is -4.75. The largest absolute Gasteiger partial charge is 0.435 e. The van der Waals surface area contributed by atoms with Crippen molar-refractivity contribution >= 4 is 46.1 Å². The molecule has 0 bridgehead atoms. The summed E-state index contributed by atoms with van der Waals surface area (Å²) in [7, 11) is 0. The molecule has 0 aliphatic carbocycles. The van der Waals surface area contributed by atoms with Gasteiger partial charge in [-0.15, -0.1) is 0 Å². The summed E-state index contributed by atoms with van der Waals surface area (Å²) in [6, 6.07) is 16.1. The normalized spacial score (nSPS) is 17.9. The fourth-order valence-corrected chi connectivity index (χ4v) is 4.17. The third-order valence-electron chi connectivity index (χ3n) is 5.15. The molecular weight excluding hydrogens is 494 g/mol. The number of oxime groups is 1. The Hall–Kier alpha value is -2.68. The molecule has 4 rings (SSSR count). The van der Waals surface area contributed by atoms with Crippen molar-refractivity contribution in [1.82, 2.24) is 10.3 Å². The number of hydrogen-bond acceptors (Lipinski definition) is 4. The third-order valence-corrected chi connectivity index (χ3v) is 5.97. The lowest BCUT2D eigenvalue weighted by Crippen LogP contribution is -2.42. The predicted molar refractivity (Wildman–Crippen MR) is 126 cm³/mol. The van der Waals surface area contributed by atoms with Crippen LogP contribution in [0.25, 0.3) is 0 Å². The highest BCUT2D eigenvalue weighted by Gasteiger charge is 2.62. The van der Waals surface area contributed by atoms with E-state index in [2.05, 4.69) is 15.5 Å². The van der Waals surface area contributed by atoms with Crippen LogP contribution in [0, 0.1) is 0 Å². The van der Waals surface area contributed by atoms with Gasteiger partial charge in [-0.25, -0.2) is 0 Å². The summed E-state index contributed by atoms with van der Waals surface area (Å²) in [6.45, 7) is 0.457. The molecule has 0 fully saturated rings. The SMILES string of the molecule is FC(F)(F)C1(c2cc(Cl)cc(Cl)c2)CC(c2ccc(C(=S)NCc3ccccn3)cc2)=NO1. The number of benzene rings is 2. The molecule has 0 saturated carbocycles. The zero-order valence-corrected chi connectivity index (χ0v) is 19.2. The molecule has 10 heteroatoms. The van der Waals surface area contributed by atoms with Gasteiger partial charge in [0, 0.05) is 33.8 Å². The van der Waals surface area contributed by atoms with Gasteiger partial charge >= 0.3 is 6.18 Å². The quantitative estimate of drug-likeness (QED) is 0.402. The number of halogens is 5. The molecule has 4 nitrogen and oxygen atoms in total. The summed E-state index contributed by atoms with van der Waals surface area (Å²) in [5.74, 6) is 0. The summed E-state index contributed by atoms with van der Waals surface area (Å²) >= 11 is 17.3. The number of thiocarbonyl (C=S) groups is 1. The Bertz CT molecular complexity index is 1180. The van der Waals surface area contributed by atoms with E-state index in [1.807, 2.05) is 18.2 Å². The Labute approximate surface area is 203 Å². The molecule has 1 aliphatic heterocycles. The van der Waals surface area contributed by atoms with Crippen molar-refractivity contribution in [3.8, 4) is 0 Å². The van der Waals surface area contributed by atoms with Crippen LogP contribution >= 0.6 is 35.4 Å². The van der Waals surface area contributed by atoms with Gasteiger partial charge in [-0.3, -0.25) is 4.98 Å². The second kappa shape index (κ2) is 9.29. The molecule has 1 unspecified atom stereocenters. The molecule has 1 aliphatic rings. The third kappa shape index (κ3) is 4.98. The smallest absolute Gasteiger partial charge is 0.374 e. The highest BCUT2D eigenvalue weighted by molar-refractivity contribution is 7.80. The van der Waals surface area contributed by atoms with E-state index >= 15 is 0 Å². The van der Waals surface area contributed by atoms with Gasteiger partial charge in [0.05, 0.1) is 18.0 Å². The van der Waals surface area contributed by atoms with Crippen molar-refractivity contribution in [3.05, 3.63) is 99.3 Å². The second-order valence-corrected chi connectivity index (χ2v) is 8.65. The average molecular weight is 510 g/mol. The van der Waals surface area contributed by atoms with Gasteiger partial charge in [0.1, 0.15) is 4.99 Å². The van der Waals surface area contributed by atoms with Crippen molar-refractivity contribution in [2.75, 3.05) is 0 Å². The van der Waals surface area contributed by atoms with Crippen molar-refractivity contribution in [2.45, 2.75) is 24.7 Å². The van der Waals surface area contributed by atoms with Crippen molar-refractivity contribution in [1.29, 1.82) is 0 Å². The van der Waals surface area contributed by atoms with E-state index in [1.165, 1.54) is 18.2 Å². The predicted octanol–water partition coefficient (Wildman–Crippen LogP) is 6.44. The van der Waals surface area contributed by atoms with E-state index in [-0.39, 0.29) is 21.3 Å². The lowest BCUT2D eigenvalue weighted by atomic mass is 9.86. The van der Waals surface area contributed by atoms with Gasteiger partial charge in [-0.05, 0) is 35.9 Å². The van der Waals surface area contributed by atoms with Crippen LogP contribution in [0.2, 0.25) is 10.0 Å². The van der Waals surface area contributed by atoms with Crippen LogP contribution in [-0.2, 0) is 17.0 Å². The van der Waals surface area contributed by atoms with Gasteiger partial charge in [0.25, 0.3) is 5.60 Å². The number of hydrogen-bond donors (Lipinski definition) is 1. The Morgan fingerprint density at radius 3 is 2.36 bits per heavy atom. The summed E-state index contributed by atoms with van der Waals surface area (Å²) in [6.07, 6.45) is -3.57. The molecular formula is C23H16Cl2F3N3OS. The summed E-state index contributed by atoms with van der Waals surface area (Å²) in [5, 5.41) is 7.03. The van der Waals surface area contributed by atoms with Crippen LogP contribution in [0.4, 0.5) is 13.2 Å². The van der Waals surface area contributed by atoms with E-state index in [0.29, 0.717) is 22.7 Å². The van der Waals surface area contributed by atoms with E-state index in [9.17, 15) is 13.2 Å². The summed E-state index contributed by atoms with van der Waals surface area (Å²) < 4.78 is 42.4. The van der Waals surface area contributed by atoms with Gasteiger partial charge in [0.15, 0.2) is 0 Å². The Morgan fingerprint density at radius 1 is 1.06 bits per heavy atom. The van der Waals surface area contributed by atoms with Crippen molar-refractivity contribution < 1.29 is 18.0 Å². The van der Waals surface area contributed by atoms with E-state index in [4.69, 9.17) is 40.3 Å². The summed E-state index contributed by atoms with van der Waals surface area (Å²) in [4.78, 5) is 9.75. The maximum absolute atomic E-state index is 14.1. The number of aromatic nitrogens is 1. The molecule has 0 amide bonds. The second-order valence-electron chi connectivity index (χ2n) is 7.37. The molecule has 2 aromatic carbocycles. The Morgan fingerprint density at radius 2 is 1.76 bits per heavy atom. The summed E-state index contributed by atoms with van der Waals surface area (Å²) in [5.41, 5.74) is -0.684. The first kappa shape index (κ1) is 23.5. The molecule has 33 heavy (non-hydrogen) atoms. The molecule has 0 saturated heterocycles. The molecule has 1 atom stereocenters. The van der Waals surface area contributed by atoms with Crippen LogP contribution in [0.3, 0.4) is 0 Å². The zero-order valence-electron chi connectivity index (χ0n) is 16.9. The van der Waals surface area contributed by atoms with Crippen LogP contribution in [-0.4, -0.2) is 21.9 Å². The van der Waals surface area contributed by atoms with E-state index in [1.54, 1.807) is 30.5 Å². The molecule has 2 heterocycles. The van der Waals surface area contributed by atoms with Crippen LogP contribution in [0.15, 0.2) is 72.0 Å². The average Bonchev–Trinajstić information content (AvgIpc) is 3.25. The number of nitrogens with zero attached hydrogens (tertiary/aromatic N) is 2. The lowest BCUT2D eigenvalue weighted by Gasteiger charge is -2.29. The molecule has 0 radical (unpaired) electrons. The van der Waals surface area contributed by atoms with Crippen LogP contribution in [0.5, 0.6) is 0 Å². The number of rotatable bonds is 5. The number of pyridine rings is 1. The first-order valence-corrected chi connectivity index (χ1v) is 10.9. The minimum Gasteiger partial charge on any atom is -0.374 e. The topological polar surface area (TPSA) is 46.5 Å². The van der Waals surface area contributed by atoms with E-state index in [0.717, 1.165) is 5.69 Å². The lowest BCUT2D eigenvalue weighted by molar-refractivity contribution is -0.275. The van der Waals surface area contributed by atoms with Crippen LogP contribution < -0.4 is 5.32 Å². The first-order valence-electron chi connectivity index (χ1n) is 9.75. The minimum absolute atomic E-state index is 0.0780. The Balaban J connectivity index is 1.51. The molecule has 170 valence electrons. The van der Waals surface area contributed by atoms with E-state index < -0.39 is 18.2 Å². The highest BCUT2D eigenvalue weighted by atomic mass is 35.5. The standard InChI is InChI=1S/C23H16Cl2F3N3OS/c24-17-9-16(10-18(25)11-17)22(23(26,27)28)12-20(31-32-22)14-4-6-15(7-5-14)21(33)30-13-19-3-1-2-8-29-19/h1-11H,12-13H2,(H,30,33). The molecule has 0 spiro atoms. The maximum Gasteiger partial charge on any atom is 0.435 e. The van der Waals surface area contributed by atoms with Crippen molar-refractivity contribution in [2.24, 2.45) is 5.16 Å². The fraction of sp³-hybridized carbons (Fsp3) is 0.174. The monoisotopic (exact) mass is 509 g/mol. The Kier molecular flexibility index (Phi) is 6.61. The fourth-order valence-electron chi connectivity index (χ4n) is 3.44. The number of nitrogens with one attached hydrogen (secondary N) is 1. The molecule has 1 N–H and O–H groups in total. The zero-order chi connectivity index (χ0) is 23.6. The molecule has 3 aromatic rings.